The van der Waals surface area contributed by atoms with Crippen LogP contribution < -0.4 is 10.0 Å². The van der Waals surface area contributed by atoms with Crippen LogP contribution in [0.15, 0.2) is 35.2 Å². The predicted octanol–water partition coefficient (Wildman–Crippen LogP) is 2.94. The molecule has 0 fully saturated rings. The summed E-state index contributed by atoms with van der Waals surface area (Å²) in [6.07, 6.45) is 0.930. The van der Waals surface area contributed by atoms with Crippen LogP contribution in [0.3, 0.4) is 0 Å². The number of hydrogen-bond donors (Lipinski definition) is 2. The molecule has 1 heterocycles. The molecule has 0 saturated heterocycles. The number of benzene rings is 1. The van der Waals surface area contributed by atoms with E-state index in [2.05, 4.69) is 20.2 Å². The molecule has 0 aliphatic rings. The van der Waals surface area contributed by atoms with Gasteiger partial charge in [-0.15, -0.1) is 10.2 Å². The minimum absolute atomic E-state index is 0.00232. The van der Waals surface area contributed by atoms with Crippen molar-refractivity contribution in [1.82, 2.24) is 10.2 Å². The molecule has 2 N–H and O–H groups in total. The minimum atomic E-state index is -3.84. The average molecular weight is 338 g/mol. The summed E-state index contributed by atoms with van der Waals surface area (Å²) in [5.74, 6) is 0.186. The Hall–Kier alpha value is -2.22. The van der Waals surface area contributed by atoms with Gasteiger partial charge in [0.05, 0.1) is 4.90 Å². The Labute approximate surface area is 135 Å². The summed E-state index contributed by atoms with van der Waals surface area (Å²) in [7, 11) is -3.84. The van der Waals surface area contributed by atoms with Crippen molar-refractivity contribution >= 4 is 21.7 Å². The monoisotopic (exact) mass is 338 g/mol. The van der Waals surface area contributed by atoms with E-state index >= 15 is 0 Å². The second kappa shape index (κ2) is 6.91. The number of hydrogen-bond acceptors (Lipinski definition) is 5. The number of nitrogens with one attached hydrogen (secondary N) is 2. The fourth-order valence-electron chi connectivity index (χ4n) is 1.93. The molecule has 1 atom stereocenters. The van der Waals surface area contributed by atoms with E-state index < -0.39 is 15.8 Å². The van der Waals surface area contributed by atoms with E-state index in [0.29, 0.717) is 11.4 Å². The summed E-state index contributed by atoms with van der Waals surface area (Å²) in [5.41, 5.74) is 0.320. The Morgan fingerprint density at radius 1 is 1.17 bits per heavy atom. The topological polar surface area (TPSA) is 84.0 Å². The first kappa shape index (κ1) is 17.1. The summed E-state index contributed by atoms with van der Waals surface area (Å²) in [4.78, 5) is 0.00232. The number of rotatable bonds is 6. The van der Waals surface area contributed by atoms with Gasteiger partial charge in [0.1, 0.15) is 11.6 Å². The quantitative estimate of drug-likeness (QED) is 0.846. The van der Waals surface area contributed by atoms with Crippen LogP contribution in [0.1, 0.15) is 25.8 Å². The summed E-state index contributed by atoms with van der Waals surface area (Å²) in [5, 5.41) is 10.9. The standard InChI is InChI=1S/C15H19FN4O2S/c1-4-11(3)17-14-7-8-15(19-18-14)20-23(21,22)13-6-5-12(16)9-10(13)2/h5-9,11H,4H2,1-3H3,(H,17,18)(H,19,20). The molecule has 23 heavy (non-hydrogen) atoms. The molecule has 8 heteroatoms. The van der Waals surface area contributed by atoms with Gasteiger partial charge in [0.25, 0.3) is 10.0 Å². The van der Waals surface area contributed by atoms with Crippen LogP contribution in [0.4, 0.5) is 16.0 Å². The maximum Gasteiger partial charge on any atom is 0.263 e. The van der Waals surface area contributed by atoms with Gasteiger partial charge in [-0.05, 0) is 56.2 Å². The van der Waals surface area contributed by atoms with Crippen molar-refractivity contribution in [2.45, 2.75) is 38.1 Å². The van der Waals surface area contributed by atoms with Crippen LogP contribution in [0.25, 0.3) is 0 Å². The Morgan fingerprint density at radius 3 is 2.39 bits per heavy atom. The third kappa shape index (κ3) is 4.38. The lowest BCUT2D eigenvalue weighted by Crippen LogP contribution is -2.17. The molecule has 1 unspecified atom stereocenters. The van der Waals surface area contributed by atoms with Gasteiger partial charge in [-0.2, -0.15) is 0 Å². The lowest BCUT2D eigenvalue weighted by molar-refractivity contribution is 0.598. The molecule has 0 bridgehead atoms. The molecule has 2 rings (SSSR count). The van der Waals surface area contributed by atoms with Gasteiger partial charge < -0.3 is 5.32 Å². The maximum atomic E-state index is 13.1. The Morgan fingerprint density at radius 2 is 1.83 bits per heavy atom. The van der Waals surface area contributed by atoms with Crippen LogP contribution in [0.2, 0.25) is 0 Å². The predicted molar refractivity (Wildman–Crippen MR) is 87.4 cm³/mol. The Bertz CT molecular complexity index is 779. The summed E-state index contributed by atoms with van der Waals surface area (Å²) < 4.78 is 40.1. The van der Waals surface area contributed by atoms with E-state index in [1.165, 1.54) is 25.1 Å². The van der Waals surface area contributed by atoms with Gasteiger partial charge in [-0.25, -0.2) is 12.8 Å². The summed E-state index contributed by atoms with van der Waals surface area (Å²) in [6.45, 7) is 5.58. The molecule has 0 amide bonds. The normalized spacial score (nSPS) is 12.7. The van der Waals surface area contributed by atoms with E-state index in [9.17, 15) is 12.8 Å². The molecule has 0 saturated carbocycles. The van der Waals surface area contributed by atoms with E-state index in [0.717, 1.165) is 12.5 Å². The van der Waals surface area contributed by atoms with Gasteiger partial charge in [0.15, 0.2) is 5.82 Å². The van der Waals surface area contributed by atoms with Crippen molar-refractivity contribution in [2.24, 2.45) is 0 Å². The molecule has 2 aromatic rings. The lowest BCUT2D eigenvalue weighted by Gasteiger charge is -2.12. The fraction of sp³-hybridized carbons (Fsp3) is 0.333. The van der Waals surface area contributed by atoms with Crippen molar-refractivity contribution < 1.29 is 12.8 Å². The third-order valence-corrected chi connectivity index (χ3v) is 4.85. The highest BCUT2D eigenvalue weighted by atomic mass is 32.2. The molecule has 1 aromatic heterocycles. The molecule has 1 aromatic carbocycles. The number of halogens is 1. The highest BCUT2D eigenvalue weighted by Crippen LogP contribution is 2.19. The highest BCUT2D eigenvalue weighted by Gasteiger charge is 2.18. The van der Waals surface area contributed by atoms with Gasteiger partial charge in [0, 0.05) is 6.04 Å². The number of anilines is 2. The molecule has 6 nitrogen and oxygen atoms in total. The minimum Gasteiger partial charge on any atom is -0.366 e. The second-order valence-electron chi connectivity index (χ2n) is 5.27. The van der Waals surface area contributed by atoms with Crippen LogP contribution >= 0.6 is 0 Å². The van der Waals surface area contributed by atoms with Crippen LogP contribution in [-0.4, -0.2) is 24.7 Å². The smallest absolute Gasteiger partial charge is 0.263 e. The maximum absolute atomic E-state index is 13.1. The van der Waals surface area contributed by atoms with Crippen molar-refractivity contribution in [1.29, 1.82) is 0 Å². The Kier molecular flexibility index (Phi) is 5.15. The van der Waals surface area contributed by atoms with Crippen LogP contribution in [-0.2, 0) is 10.0 Å². The van der Waals surface area contributed by atoms with Gasteiger partial charge in [-0.3, -0.25) is 4.72 Å². The van der Waals surface area contributed by atoms with Crippen molar-refractivity contribution in [3.63, 3.8) is 0 Å². The van der Waals surface area contributed by atoms with Crippen molar-refractivity contribution in [2.75, 3.05) is 10.0 Å². The zero-order valence-electron chi connectivity index (χ0n) is 13.2. The number of aromatic nitrogens is 2. The number of aryl methyl sites for hydroxylation is 1. The third-order valence-electron chi connectivity index (χ3n) is 3.34. The lowest BCUT2D eigenvalue weighted by atomic mass is 10.2. The van der Waals surface area contributed by atoms with E-state index in [-0.39, 0.29) is 16.8 Å². The first-order valence-corrected chi connectivity index (χ1v) is 8.69. The zero-order chi connectivity index (χ0) is 17.0. The molecular weight excluding hydrogens is 319 g/mol. The SMILES string of the molecule is CCC(C)Nc1ccc(NS(=O)(=O)c2ccc(F)cc2C)nn1. The van der Waals surface area contributed by atoms with Gasteiger partial charge >= 0.3 is 0 Å². The fourth-order valence-corrected chi connectivity index (χ4v) is 3.15. The summed E-state index contributed by atoms with van der Waals surface area (Å²) >= 11 is 0. The van der Waals surface area contributed by atoms with E-state index in [1.54, 1.807) is 6.07 Å². The van der Waals surface area contributed by atoms with Crippen LogP contribution in [0.5, 0.6) is 0 Å². The second-order valence-corrected chi connectivity index (χ2v) is 6.92. The molecule has 0 aliphatic heterocycles. The Balaban J connectivity index is 2.17. The summed E-state index contributed by atoms with van der Waals surface area (Å²) in [6, 6.07) is 6.90. The van der Waals surface area contributed by atoms with Crippen molar-refractivity contribution in [3.8, 4) is 0 Å². The molecular formula is C15H19FN4O2S. The number of sulfonamides is 1. The van der Waals surface area contributed by atoms with Gasteiger partial charge in [0.2, 0.25) is 0 Å². The van der Waals surface area contributed by atoms with Crippen LogP contribution in [0, 0.1) is 12.7 Å². The molecule has 124 valence electrons. The molecule has 0 aliphatic carbocycles. The molecule has 0 radical (unpaired) electrons. The zero-order valence-corrected chi connectivity index (χ0v) is 14.0. The first-order chi connectivity index (χ1) is 10.8. The first-order valence-electron chi connectivity index (χ1n) is 7.21. The largest absolute Gasteiger partial charge is 0.366 e. The van der Waals surface area contributed by atoms with Crippen molar-refractivity contribution in [3.05, 3.63) is 41.7 Å². The number of nitrogens with zero attached hydrogens (tertiary/aromatic N) is 2. The van der Waals surface area contributed by atoms with E-state index in [4.69, 9.17) is 0 Å². The highest BCUT2D eigenvalue weighted by molar-refractivity contribution is 7.92. The molecule has 0 spiro atoms. The average Bonchev–Trinajstić information content (AvgIpc) is 2.48. The van der Waals surface area contributed by atoms with Gasteiger partial charge in [-0.1, -0.05) is 6.92 Å². The van der Waals surface area contributed by atoms with E-state index in [1.807, 2.05) is 13.8 Å².